The van der Waals surface area contributed by atoms with Crippen LogP contribution in [0.4, 0.5) is 11.4 Å². The number of ether oxygens (including phenoxy) is 2. The summed E-state index contributed by atoms with van der Waals surface area (Å²) in [6.07, 6.45) is -0.412. The quantitative estimate of drug-likeness (QED) is 0.653. The predicted octanol–water partition coefficient (Wildman–Crippen LogP) is 2.96. The summed E-state index contributed by atoms with van der Waals surface area (Å²) in [6, 6.07) is 12.8. The van der Waals surface area contributed by atoms with Crippen LogP contribution in [-0.2, 0) is 0 Å². The van der Waals surface area contributed by atoms with Crippen molar-refractivity contribution in [3.63, 3.8) is 0 Å². The Morgan fingerprint density at radius 3 is 2.26 bits per heavy atom. The lowest BCUT2D eigenvalue weighted by Gasteiger charge is -2.17. The standard InChI is InChI=1S/C15H18N2O2/c1-10-8-14(6-7-15(10)17)19-11(2)18-13-5-3-4-12(16)9-13/h3-9,11H,16-17H2,1-2H3. The first kappa shape index (κ1) is 13.1. The van der Waals surface area contributed by atoms with Gasteiger partial charge in [0.1, 0.15) is 11.5 Å². The highest BCUT2D eigenvalue weighted by Gasteiger charge is 2.06. The predicted molar refractivity (Wildman–Crippen MR) is 77.2 cm³/mol. The van der Waals surface area contributed by atoms with Crippen LogP contribution in [0.5, 0.6) is 11.5 Å². The SMILES string of the molecule is Cc1cc(OC(C)Oc2cccc(N)c2)ccc1N. The third-order valence-corrected chi connectivity index (χ3v) is 2.70. The molecule has 0 aromatic heterocycles. The second kappa shape index (κ2) is 5.52. The van der Waals surface area contributed by atoms with Crippen molar-refractivity contribution in [3.05, 3.63) is 48.0 Å². The molecule has 4 heteroatoms. The molecule has 4 nitrogen and oxygen atoms in total. The van der Waals surface area contributed by atoms with Gasteiger partial charge in [0.25, 0.3) is 0 Å². The van der Waals surface area contributed by atoms with Gasteiger partial charge in [-0.15, -0.1) is 0 Å². The molecule has 0 saturated heterocycles. The number of rotatable bonds is 4. The number of nitrogen functional groups attached to an aromatic ring is 2. The van der Waals surface area contributed by atoms with Crippen molar-refractivity contribution in [3.8, 4) is 11.5 Å². The van der Waals surface area contributed by atoms with Gasteiger partial charge in [0.15, 0.2) is 0 Å². The molecule has 2 rings (SSSR count). The number of benzene rings is 2. The summed E-state index contributed by atoms with van der Waals surface area (Å²) in [5, 5.41) is 0. The third kappa shape index (κ3) is 3.55. The lowest BCUT2D eigenvalue weighted by molar-refractivity contribution is 0.0223. The van der Waals surface area contributed by atoms with Crippen LogP contribution in [0.15, 0.2) is 42.5 Å². The summed E-state index contributed by atoms with van der Waals surface area (Å²) in [5.41, 5.74) is 13.8. The minimum absolute atomic E-state index is 0.412. The zero-order valence-electron chi connectivity index (χ0n) is 11.1. The molecule has 1 atom stereocenters. The van der Waals surface area contributed by atoms with Crippen LogP contribution in [0.2, 0.25) is 0 Å². The van der Waals surface area contributed by atoms with Gasteiger partial charge in [0.2, 0.25) is 6.29 Å². The smallest absolute Gasteiger partial charge is 0.238 e. The van der Waals surface area contributed by atoms with Gasteiger partial charge in [-0.3, -0.25) is 0 Å². The topological polar surface area (TPSA) is 70.5 Å². The molecular formula is C15H18N2O2. The fourth-order valence-electron chi connectivity index (χ4n) is 1.72. The molecule has 0 amide bonds. The Hall–Kier alpha value is -2.36. The average Bonchev–Trinajstić information content (AvgIpc) is 2.34. The molecule has 1 unspecified atom stereocenters. The molecule has 0 bridgehead atoms. The van der Waals surface area contributed by atoms with E-state index in [1.807, 2.05) is 50.2 Å². The Balaban J connectivity index is 2.01. The van der Waals surface area contributed by atoms with E-state index in [0.717, 1.165) is 17.0 Å². The van der Waals surface area contributed by atoms with Gasteiger partial charge in [-0.25, -0.2) is 0 Å². The van der Waals surface area contributed by atoms with Crippen molar-refractivity contribution in [1.82, 2.24) is 0 Å². The average molecular weight is 258 g/mol. The van der Waals surface area contributed by atoms with E-state index >= 15 is 0 Å². The van der Waals surface area contributed by atoms with E-state index in [-0.39, 0.29) is 0 Å². The summed E-state index contributed by atoms with van der Waals surface area (Å²) < 4.78 is 11.3. The minimum atomic E-state index is -0.412. The first-order valence-electron chi connectivity index (χ1n) is 6.09. The van der Waals surface area contributed by atoms with Crippen molar-refractivity contribution in [2.45, 2.75) is 20.1 Å². The fourth-order valence-corrected chi connectivity index (χ4v) is 1.72. The molecule has 4 N–H and O–H groups in total. The minimum Gasteiger partial charge on any atom is -0.455 e. The summed E-state index contributed by atoms with van der Waals surface area (Å²) in [7, 11) is 0. The zero-order valence-corrected chi connectivity index (χ0v) is 11.1. The van der Waals surface area contributed by atoms with Gasteiger partial charge >= 0.3 is 0 Å². The van der Waals surface area contributed by atoms with Crippen LogP contribution in [0, 0.1) is 6.92 Å². The molecule has 0 saturated carbocycles. The molecule has 0 heterocycles. The maximum Gasteiger partial charge on any atom is 0.238 e. The van der Waals surface area contributed by atoms with E-state index in [1.54, 1.807) is 6.07 Å². The Kier molecular flexibility index (Phi) is 3.80. The van der Waals surface area contributed by atoms with Gasteiger partial charge in [0, 0.05) is 24.4 Å². The second-order valence-electron chi connectivity index (χ2n) is 4.39. The summed E-state index contributed by atoms with van der Waals surface area (Å²) in [6.45, 7) is 3.76. The number of anilines is 2. The number of hydrogen-bond acceptors (Lipinski definition) is 4. The lowest BCUT2D eigenvalue weighted by Crippen LogP contribution is -2.19. The van der Waals surface area contributed by atoms with E-state index in [0.29, 0.717) is 11.4 Å². The molecule has 0 aliphatic heterocycles. The second-order valence-corrected chi connectivity index (χ2v) is 4.39. The van der Waals surface area contributed by atoms with Crippen LogP contribution in [0.3, 0.4) is 0 Å². The summed E-state index contributed by atoms with van der Waals surface area (Å²) in [5.74, 6) is 1.41. The van der Waals surface area contributed by atoms with Gasteiger partial charge in [-0.2, -0.15) is 0 Å². The Bertz CT molecular complexity index is 570. The number of nitrogens with two attached hydrogens (primary N) is 2. The maximum atomic E-state index is 5.76. The van der Waals surface area contributed by atoms with E-state index in [4.69, 9.17) is 20.9 Å². The number of hydrogen-bond donors (Lipinski definition) is 2. The molecule has 0 fully saturated rings. The molecule has 0 aliphatic rings. The molecule has 0 aliphatic carbocycles. The van der Waals surface area contributed by atoms with E-state index in [9.17, 15) is 0 Å². The van der Waals surface area contributed by atoms with Crippen LogP contribution in [-0.4, -0.2) is 6.29 Å². The number of aryl methyl sites for hydroxylation is 1. The summed E-state index contributed by atoms with van der Waals surface area (Å²) >= 11 is 0. The zero-order chi connectivity index (χ0) is 13.8. The van der Waals surface area contributed by atoms with Gasteiger partial charge in [-0.1, -0.05) is 6.07 Å². The molecular weight excluding hydrogens is 240 g/mol. The van der Waals surface area contributed by atoms with E-state index < -0.39 is 6.29 Å². The first-order valence-corrected chi connectivity index (χ1v) is 6.09. The molecule has 0 radical (unpaired) electrons. The highest BCUT2D eigenvalue weighted by Crippen LogP contribution is 2.21. The van der Waals surface area contributed by atoms with Crippen molar-refractivity contribution < 1.29 is 9.47 Å². The highest BCUT2D eigenvalue weighted by molar-refractivity contribution is 5.49. The van der Waals surface area contributed by atoms with Crippen LogP contribution < -0.4 is 20.9 Å². The summed E-state index contributed by atoms with van der Waals surface area (Å²) in [4.78, 5) is 0. The lowest BCUT2D eigenvalue weighted by atomic mass is 10.2. The first-order chi connectivity index (χ1) is 9.04. The van der Waals surface area contributed by atoms with Crippen molar-refractivity contribution in [1.29, 1.82) is 0 Å². The van der Waals surface area contributed by atoms with Crippen LogP contribution >= 0.6 is 0 Å². The monoisotopic (exact) mass is 258 g/mol. The Labute approximate surface area is 112 Å². The van der Waals surface area contributed by atoms with Gasteiger partial charge in [0.05, 0.1) is 0 Å². The van der Waals surface area contributed by atoms with Crippen molar-refractivity contribution >= 4 is 11.4 Å². The maximum absolute atomic E-state index is 5.76. The van der Waals surface area contributed by atoms with Crippen LogP contribution in [0.25, 0.3) is 0 Å². The van der Waals surface area contributed by atoms with Crippen molar-refractivity contribution in [2.75, 3.05) is 11.5 Å². The molecule has 2 aromatic rings. The Morgan fingerprint density at radius 1 is 0.947 bits per heavy atom. The van der Waals surface area contributed by atoms with E-state index in [1.165, 1.54) is 0 Å². The molecule has 100 valence electrons. The molecule has 0 spiro atoms. The van der Waals surface area contributed by atoms with Crippen LogP contribution in [0.1, 0.15) is 12.5 Å². The van der Waals surface area contributed by atoms with Gasteiger partial charge in [-0.05, 0) is 42.8 Å². The Morgan fingerprint density at radius 2 is 1.63 bits per heavy atom. The fraction of sp³-hybridized carbons (Fsp3) is 0.200. The van der Waals surface area contributed by atoms with E-state index in [2.05, 4.69) is 0 Å². The molecule has 2 aromatic carbocycles. The normalized spacial score (nSPS) is 11.9. The van der Waals surface area contributed by atoms with Gasteiger partial charge < -0.3 is 20.9 Å². The van der Waals surface area contributed by atoms with Crippen molar-refractivity contribution in [2.24, 2.45) is 0 Å². The molecule has 19 heavy (non-hydrogen) atoms. The largest absolute Gasteiger partial charge is 0.455 e. The third-order valence-electron chi connectivity index (χ3n) is 2.70. The highest BCUT2D eigenvalue weighted by atomic mass is 16.7.